The van der Waals surface area contributed by atoms with E-state index in [-0.39, 0.29) is 16.8 Å². The number of aromatic nitrogens is 2. The van der Waals surface area contributed by atoms with E-state index in [0.29, 0.717) is 6.54 Å². The molecule has 5 heteroatoms. The highest BCUT2D eigenvalue weighted by atomic mass is 35.5. The maximum absolute atomic E-state index is 11.8. The third kappa shape index (κ3) is 3.76. The minimum atomic E-state index is -0.261. The first-order valence-electron chi connectivity index (χ1n) is 5.97. The van der Waals surface area contributed by atoms with Crippen LogP contribution in [0.3, 0.4) is 0 Å². The van der Waals surface area contributed by atoms with Gasteiger partial charge in [0, 0.05) is 6.54 Å². The number of rotatable bonds is 4. The molecular formula is C14H14ClN3O. The molecule has 1 heterocycles. The smallest absolute Gasteiger partial charge is 0.271 e. The van der Waals surface area contributed by atoms with E-state index < -0.39 is 0 Å². The zero-order chi connectivity index (χ0) is 13.7. The van der Waals surface area contributed by atoms with Crippen LogP contribution in [0.25, 0.3) is 0 Å². The molecule has 0 bridgehead atoms. The summed E-state index contributed by atoms with van der Waals surface area (Å²) in [6.07, 6.45) is 3.58. The molecule has 1 amide bonds. The van der Waals surface area contributed by atoms with Gasteiger partial charge in [-0.25, -0.2) is 4.98 Å². The first-order valence-corrected chi connectivity index (χ1v) is 6.35. The van der Waals surface area contributed by atoms with Crippen molar-refractivity contribution in [2.45, 2.75) is 13.3 Å². The quantitative estimate of drug-likeness (QED) is 0.932. The SMILES string of the molecule is Cc1ccccc1CCNC(=O)c1cncc(Cl)n1. The lowest BCUT2D eigenvalue weighted by molar-refractivity contribution is 0.0948. The van der Waals surface area contributed by atoms with Gasteiger partial charge in [0.2, 0.25) is 0 Å². The van der Waals surface area contributed by atoms with Gasteiger partial charge in [0.1, 0.15) is 10.8 Å². The van der Waals surface area contributed by atoms with Gasteiger partial charge in [-0.1, -0.05) is 35.9 Å². The Balaban J connectivity index is 1.90. The molecule has 1 N–H and O–H groups in total. The van der Waals surface area contributed by atoms with Crippen molar-refractivity contribution in [1.29, 1.82) is 0 Å². The molecule has 0 atom stereocenters. The van der Waals surface area contributed by atoms with Crippen molar-refractivity contribution in [3.8, 4) is 0 Å². The highest BCUT2D eigenvalue weighted by Gasteiger charge is 2.07. The zero-order valence-electron chi connectivity index (χ0n) is 10.6. The Labute approximate surface area is 116 Å². The van der Waals surface area contributed by atoms with Gasteiger partial charge in [-0.05, 0) is 24.5 Å². The summed E-state index contributed by atoms with van der Waals surface area (Å²) < 4.78 is 0. The summed E-state index contributed by atoms with van der Waals surface area (Å²) in [4.78, 5) is 19.5. The van der Waals surface area contributed by atoms with Crippen molar-refractivity contribution in [3.05, 3.63) is 58.6 Å². The largest absolute Gasteiger partial charge is 0.350 e. The molecule has 1 aromatic carbocycles. The van der Waals surface area contributed by atoms with Gasteiger partial charge < -0.3 is 5.32 Å². The highest BCUT2D eigenvalue weighted by Crippen LogP contribution is 2.07. The third-order valence-corrected chi connectivity index (χ3v) is 2.96. The molecule has 0 fully saturated rings. The fraction of sp³-hybridized carbons (Fsp3) is 0.214. The van der Waals surface area contributed by atoms with Crippen molar-refractivity contribution in [2.75, 3.05) is 6.54 Å². The topological polar surface area (TPSA) is 54.9 Å². The van der Waals surface area contributed by atoms with Crippen LogP contribution in [0.15, 0.2) is 36.7 Å². The predicted molar refractivity (Wildman–Crippen MR) is 74.3 cm³/mol. The number of aryl methyl sites for hydroxylation is 1. The second kappa shape index (κ2) is 6.29. The summed E-state index contributed by atoms with van der Waals surface area (Å²) in [6.45, 7) is 2.61. The van der Waals surface area contributed by atoms with Crippen LogP contribution in [-0.4, -0.2) is 22.4 Å². The summed E-state index contributed by atoms with van der Waals surface area (Å²) in [5.41, 5.74) is 2.68. The average Bonchev–Trinajstić information content (AvgIpc) is 2.41. The molecule has 0 unspecified atom stereocenters. The van der Waals surface area contributed by atoms with Crippen LogP contribution in [0, 0.1) is 6.92 Å². The van der Waals surface area contributed by atoms with Gasteiger partial charge in [0.15, 0.2) is 0 Å². The maximum atomic E-state index is 11.8. The fourth-order valence-corrected chi connectivity index (χ4v) is 1.89. The van der Waals surface area contributed by atoms with Crippen LogP contribution in [0.2, 0.25) is 5.15 Å². The van der Waals surface area contributed by atoms with Gasteiger partial charge in [0.05, 0.1) is 12.4 Å². The Morgan fingerprint density at radius 3 is 2.84 bits per heavy atom. The van der Waals surface area contributed by atoms with Gasteiger partial charge in [0.25, 0.3) is 5.91 Å². The number of halogens is 1. The van der Waals surface area contributed by atoms with Crippen LogP contribution in [0.5, 0.6) is 0 Å². The number of benzene rings is 1. The van der Waals surface area contributed by atoms with E-state index in [1.807, 2.05) is 12.1 Å². The zero-order valence-corrected chi connectivity index (χ0v) is 11.3. The number of hydrogen-bond donors (Lipinski definition) is 1. The molecule has 4 nitrogen and oxygen atoms in total. The van der Waals surface area contributed by atoms with Crippen LogP contribution < -0.4 is 5.32 Å². The molecule has 0 saturated carbocycles. The highest BCUT2D eigenvalue weighted by molar-refractivity contribution is 6.29. The standard InChI is InChI=1S/C14H14ClN3O/c1-10-4-2-3-5-11(10)6-7-17-14(19)12-8-16-9-13(15)18-12/h2-5,8-9H,6-7H2,1H3,(H,17,19). The van der Waals surface area contributed by atoms with E-state index in [1.54, 1.807) is 0 Å². The lowest BCUT2D eigenvalue weighted by atomic mass is 10.1. The summed E-state index contributed by atoms with van der Waals surface area (Å²) in [7, 11) is 0. The number of nitrogens with one attached hydrogen (secondary N) is 1. The summed E-state index contributed by atoms with van der Waals surface area (Å²) in [6, 6.07) is 8.10. The Morgan fingerprint density at radius 2 is 2.11 bits per heavy atom. The Kier molecular flexibility index (Phi) is 4.47. The monoisotopic (exact) mass is 275 g/mol. The molecule has 0 aliphatic heterocycles. The van der Waals surface area contributed by atoms with Gasteiger partial charge in [-0.15, -0.1) is 0 Å². The number of carbonyl (C=O) groups excluding carboxylic acids is 1. The van der Waals surface area contributed by atoms with Crippen molar-refractivity contribution in [2.24, 2.45) is 0 Å². The van der Waals surface area contributed by atoms with E-state index in [4.69, 9.17) is 11.6 Å². The number of hydrogen-bond acceptors (Lipinski definition) is 3. The predicted octanol–water partition coefficient (Wildman–Crippen LogP) is 2.41. The first-order chi connectivity index (χ1) is 9.16. The first kappa shape index (κ1) is 13.5. The normalized spacial score (nSPS) is 10.2. The Bertz CT molecular complexity index is 586. The minimum Gasteiger partial charge on any atom is -0.350 e. The minimum absolute atomic E-state index is 0.214. The van der Waals surface area contributed by atoms with Gasteiger partial charge in [-0.3, -0.25) is 9.78 Å². The van der Waals surface area contributed by atoms with Crippen LogP contribution in [-0.2, 0) is 6.42 Å². The van der Waals surface area contributed by atoms with Gasteiger partial charge in [-0.2, -0.15) is 0 Å². The van der Waals surface area contributed by atoms with Crippen molar-refractivity contribution in [3.63, 3.8) is 0 Å². The molecule has 0 saturated heterocycles. The molecule has 19 heavy (non-hydrogen) atoms. The molecule has 98 valence electrons. The van der Waals surface area contributed by atoms with Crippen LogP contribution >= 0.6 is 11.6 Å². The molecule has 0 radical (unpaired) electrons. The van der Waals surface area contributed by atoms with Crippen molar-refractivity contribution in [1.82, 2.24) is 15.3 Å². The molecule has 0 aliphatic carbocycles. The Morgan fingerprint density at radius 1 is 1.32 bits per heavy atom. The molecular weight excluding hydrogens is 262 g/mol. The van der Waals surface area contributed by atoms with E-state index in [9.17, 15) is 4.79 Å². The van der Waals surface area contributed by atoms with Crippen LogP contribution in [0.4, 0.5) is 0 Å². The molecule has 0 spiro atoms. The lowest BCUT2D eigenvalue weighted by Gasteiger charge is -2.07. The average molecular weight is 276 g/mol. The summed E-state index contributed by atoms with van der Waals surface area (Å²) >= 11 is 5.69. The number of carbonyl (C=O) groups is 1. The molecule has 0 aliphatic rings. The maximum Gasteiger partial charge on any atom is 0.271 e. The third-order valence-electron chi connectivity index (χ3n) is 2.78. The Hall–Kier alpha value is -1.94. The van der Waals surface area contributed by atoms with E-state index in [0.717, 1.165) is 6.42 Å². The van der Waals surface area contributed by atoms with E-state index in [2.05, 4.69) is 34.3 Å². The second-order valence-corrected chi connectivity index (χ2v) is 4.55. The van der Waals surface area contributed by atoms with E-state index in [1.165, 1.54) is 23.5 Å². The molecule has 1 aromatic heterocycles. The number of amides is 1. The molecule has 2 rings (SSSR count). The lowest BCUT2D eigenvalue weighted by Crippen LogP contribution is -2.26. The number of nitrogens with zero attached hydrogens (tertiary/aromatic N) is 2. The van der Waals surface area contributed by atoms with Gasteiger partial charge >= 0.3 is 0 Å². The van der Waals surface area contributed by atoms with Crippen molar-refractivity contribution >= 4 is 17.5 Å². The summed E-state index contributed by atoms with van der Waals surface area (Å²) in [5, 5.41) is 3.02. The summed E-state index contributed by atoms with van der Waals surface area (Å²) in [5.74, 6) is -0.261. The van der Waals surface area contributed by atoms with Crippen LogP contribution in [0.1, 0.15) is 21.6 Å². The fourth-order valence-electron chi connectivity index (χ4n) is 1.74. The van der Waals surface area contributed by atoms with Crippen molar-refractivity contribution < 1.29 is 4.79 Å². The molecule has 2 aromatic rings. The second-order valence-electron chi connectivity index (χ2n) is 4.16. The van der Waals surface area contributed by atoms with E-state index >= 15 is 0 Å².